The monoisotopic (exact) mass is 257 g/mol. The summed E-state index contributed by atoms with van der Waals surface area (Å²) in [5.74, 6) is 1.56. The van der Waals surface area contributed by atoms with Crippen LogP contribution in [0.1, 0.15) is 31.2 Å². The fourth-order valence-electron chi connectivity index (χ4n) is 2.79. The first kappa shape index (κ1) is 12.1. The molecule has 1 aliphatic carbocycles. The van der Waals surface area contributed by atoms with Gasteiger partial charge >= 0.3 is 0 Å². The second-order valence-electron chi connectivity index (χ2n) is 5.41. The molecule has 5 nitrogen and oxygen atoms in total. The maximum atomic E-state index is 5.85. The minimum Gasteiger partial charge on any atom is -0.399 e. The van der Waals surface area contributed by atoms with E-state index < -0.39 is 0 Å². The Hall–Kier alpha value is -1.91. The third kappa shape index (κ3) is 2.45. The van der Waals surface area contributed by atoms with Gasteiger partial charge in [0.25, 0.3) is 0 Å². The van der Waals surface area contributed by atoms with E-state index in [1.54, 1.807) is 0 Å². The van der Waals surface area contributed by atoms with Crippen molar-refractivity contribution in [1.82, 2.24) is 20.2 Å². The third-order valence-electron chi connectivity index (χ3n) is 3.97. The Bertz CT molecular complexity index is 569. The van der Waals surface area contributed by atoms with E-state index in [-0.39, 0.29) is 0 Å². The molecule has 1 heterocycles. The number of nitrogen functional groups attached to an aromatic ring is 1. The van der Waals surface area contributed by atoms with Crippen LogP contribution < -0.4 is 5.73 Å². The highest BCUT2D eigenvalue weighted by Gasteiger charge is 2.18. The molecule has 1 aliphatic rings. The van der Waals surface area contributed by atoms with Crippen molar-refractivity contribution in [2.45, 2.75) is 39.2 Å². The van der Waals surface area contributed by atoms with Crippen molar-refractivity contribution in [3.05, 3.63) is 23.8 Å². The second kappa shape index (κ2) is 4.99. The molecule has 0 saturated heterocycles. The molecule has 100 valence electrons. The van der Waals surface area contributed by atoms with Crippen LogP contribution in [0.15, 0.2) is 18.2 Å². The van der Waals surface area contributed by atoms with Crippen LogP contribution in [-0.2, 0) is 6.54 Å². The first-order valence-electron chi connectivity index (χ1n) is 6.86. The average molecular weight is 257 g/mol. The summed E-state index contributed by atoms with van der Waals surface area (Å²) in [4.78, 5) is 0. The van der Waals surface area contributed by atoms with E-state index in [4.69, 9.17) is 5.73 Å². The summed E-state index contributed by atoms with van der Waals surface area (Å²) < 4.78 is 1.93. The van der Waals surface area contributed by atoms with Crippen LogP contribution in [0.3, 0.4) is 0 Å². The van der Waals surface area contributed by atoms with E-state index in [2.05, 4.69) is 15.5 Å². The summed E-state index contributed by atoms with van der Waals surface area (Å²) in [6.07, 6.45) is 5.26. The number of hydrogen-bond donors (Lipinski definition) is 1. The van der Waals surface area contributed by atoms with Crippen LogP contribution in [0, 0.1) is 12.8 Å². The van der Waals surface area contributed by atoms with Crippen molar-refractivity contribution in [2.24, 2.45) is 5.92 Å². The number of tetrazole rings is 1. The van der Waals surface area contributed by atoms with E-state index in [0.29, 0.717) is 0 Å². The number of nitrogens with zero attached hydrogens (tertiary/aromatic N) is 4. The molecule has 0 radical (unpaired) electrons. The molecule has 1 saturated carbocycles. The largest absolute Gasteiger partial charge is 0.399 e. The zero-order chi connectivity index (χ0) is 13.2. The fraction of sp³-hybridized carbons (Fsp3) is 0.500. The molecule has 2 aromatic rings. The van der Waals surface area contributed by atoms with Gasteiger partial charge in [-0.05, 0) is 59.9 Å². The Morgan fingerprint density at radius 1 is 1.32 bits per heavy atom. The number of hydrogen-bond acceptors (Lipinski definition) is 4. The van der Waals surface area contributed by atoms with Gasteiger partial charge in [-0.1, -0.05) is 12.8 Å². The summed E-state index contributed by atoms with van der Waals surface area (Å²) in [6, 6.07) is 5.95. The first-order chi connectivity index (χ1) is 9.24. The molecule has 3 rings (SSSR count). The SMILES string of the molecule is Cc1cc(-c2nnnn2CC2CCCC2)ccc1N. The maximum Gasteiger partial charge on any atom is 0.182 e. The number of aromatic nitrogens is 4. The van der Waals surface area contributed by atoms with Crippen LogP contribution >= 0.6 is 0 Å². The van der Waals surface area contributed by atoms with E-state index >= 15 is 0 Å². The molecule has 0 unspecified atom stereocenters. The summed E-state index contributed by atoms with van der Waals surface area (Å²) in [6.45, 7) is 2.93. The molecule has 2 N–H and O–H groups in total. The zero-order valence-electron chi connectivity index (χ0n) is 11.2. The molecule has 1 fully saturated rings. The number of anilines is 1. The molecule has 0 bridgehead atoms. The van der Waals surface area contributed by atoms with Gasteiger partial charge in [-0.3, -0.25) is 0 Å². The van der Waals surface area contributed by atoms with Gasteiger partial charge in [-0.2, -0.15) is 0 Å². The van der Waals surface area contributed by atoms with E-state index in [1.165, 1.54) is 25.7 Å². The third-order valence-corrected chi connectivity index (χ3v) is 3.97. The molecule has 0 spiro atoms. The minimum absolute atomic E-state index is 0.720. The topological polar surface area (TPSA) is 69.6 Å². The lowest BCUT2D eigenvalue weighted by atomic mass is 10.1. The highest BCUT2D eigenvalue weighted by atomic mass is 15.5. The van der Waals surface area contributed by atoms with Crippen molar-refractivity contribution in [3.63, 3.8) is 0 Å². The van der Waals surface area contributed by atoms with Crippen molar-refractivity contribution < 1.29 is 0 Å². The lowest BCUT2D eigenvalue weighted by molar-refractivity contribution is 0.424. The lowest BCUT2D eigenvalue weighted by Gasteiger charge is -2.10. The minimum atomic E-state index is 0.720. The van der Waals surface area contributed by atoms with E-state index in [9.17, 15) is 0 Å². The normalized spacial score (nSPS) is 16.1. The van der Waals surface area contributed by atoms with Crippen LogP contribution in [0.2, 0.25) is 0 Å². The highest BCUT2D eigenvalue weighted by Crippen LogP contribution is 2.28. The Morgan fingerprint density at radius 3 is 2.84 bits per heavy atom. The Kier molecular flexibility index (Phi) is 3.19. The molecule has 1 aromatic heterocycles. The van der Waals surface area contributed by atoms with Crippen LogP contribution in [-0.4, -0.2) is 20.2 Å². The number of benzene rings is 1. The van der Waals surface area contributed by atoms with Gasteiger partial charge in [0.1, 0.15) is 0 Å². The van der Waals surface area contributed by atoms with Gasteiger partial charge in [0.2, 0.25) is 0 Å². The molecular weight excluding hydrogens is 238 g/mol. The Labute approximate surface area is 112 Å². The van der Waals surface area contributed by atoms with Crippen molar-refractivity contribution in [3.8, 4) is 11.4 Å². The first-order valence-corrected chi connectivity index (χ1v) is 6.86. The lowest BCUT2D eigenvalue weighted by Crippen LogP contribution is -2.10. The predicted molar refractivity (Wildman–Crippen MR) is 74.4 cm³/mol. The van der Waals surface area contributed by atoms with Crippen LogP contribution in [0.4, 0.5) is 5.69 Å². The van der Waals surface area contributed by atoms with Crippen molar-refractivity contribution in [2.75, 3.05) is 5.73 Å². The predicted octanol–water partition coefficient (Wildman–Crippen LogP) is 2.42. The fourth-order valence-corrected chi connectivity index (χ4v) is 2.79. The maximum absolute atomic E-state index is 5.85. The number of aryl methyl sites for hydroxylation is 1. The molecule has 5 heteroatoms. The smallest absolute Gasteiger partial charge is 0.182 e. The van der Waals surface area contributed by atoms with Gasteiger partial charge in [-0.15, -0.1) is 5.10 Å². The van der Waals surface area contributed by atoms with Gasteiger partial charge in [-0.25, -0.2) is 4.68 Å². The van der Waals surface area contributed by atoms with Crippen molar-refractivity contribution in [1.29, 1.82) is 0 Å². The molecule has 1 aromatic carbocycles. The second-order valence-corrected chi connectivity index (χ2v) is 5.41. The molecule has 19 heavy (non-hydrogen) atoms. The quantitative estimate of drug-likeness (QED) is 0.857. The van der Waals surface area contributed by atoms with Gasteiger partial charge in [0.05, 0.1) is 0 Å². The van der Waals surface area contributed by atoms with Gasteiger partial charge in [0.15, 0.2) is 5.82 Å². The highest BCUT2D eigenvalue weighted by molar-refractivity contribution is 5.61. The number of nitrogens with two attached hydrogens (primary N) is 1. The molecule has 0 amide bonds. The molecule has 0 atom stereocenters. The summed E-state index contributed by atoms with van der Waals surface area (Å²) >= 11 is 0. The zero-order valence-corrected chi connectivity index (χ0v) is 11.2. The Morgan fingerprint density at radius 2 is 2.11 bits per heavy atom. The standard InChI is InChI=1S/C14H19N5/c1-10-8-12(6-7-13(10)15)14-16-17-18-19(14)9-11-4-2-3-5-11/h6-8,11H,2-5,9,15H2,1H3. The summed E-state index contributed by atoms with van der Waals surface area (Å²) in [5.41, 5.74) is 8.76. The van der Waals surface area contributed by atoms with Crippen LogP contribution in [0.25, 0.3) is 11.4 Å². The van der Waals surface area contributed by atoms with Crippen molar-refractivity contribution >= 4 is 5.69 Å². The average Bonchev–Trinajstić information content (AvgIpc) is 3.05. The van der Waals surface area contributed by atoms with Gasteiger partial charge in [0, 0.05) is 17.8 Å². The van der Waals surface area contributed by atoms with E-state index in [1.807, 2.05) is 29.8 Å². The summed E-state index contributed by atoms with van der Waals surface area (Å²) in [5, 5.41) is 12.1. The van der Waals surface area contributed by atoms with E-state index in [0.717, 1.165) is 35.1 Å². The Balaban J connectivity index is 1.87. The summed E-state index contributed by atoms with van der Waals surface area (Å²) in [7, 11) is 0. The molecular formula is C14H19N5. The van der Waals surface area contributed by atoms with Gasteiger partial charge < -0.3 is 5.73 Å². The molecule has 0 aliphatic heterocycles. The number of rotatable bonds is 3. The van der Waals surface area contributed by atoms with Crippen LogP contribution in [0.5, 0.6) is 0 Å².